The van der Waals surface area contributed by atoms with Gasteiger partial charge in [-0.05, 0) is 43.7 Å². The number of carbonyl (C=O) groups excluding carboxylic acids is 1. The largest absolute Gasteiger partial charge is 0.379 e. The second-order valence-electron chi connectivity index (χ2n) is 5.97. The Bertz CT molecular complexity index is 888. The number of halogens is 3. The van der Waals surface area contributed by atoms with Crippen molar-refractivity contribution in [3.05, 3.63) is 57.6 Å². The van der Waals surface area contributed by atoms with E-state index in [4.69, 9.17) is 28.9 Å². The lowest BCUT2D eigenvalue weighted by atomic mass is 9.89. The molecule has 2 heterocycles. The van der Waals surface area contributed by atoms with E-state index in [1.165, 1.54) is 36.0 Å². The molecule has 0 radical (unpaired) electrons. The van der Waals surface area contributed by atoms with E-state index in [1.807, 2.05) is 6.92 Å². The highest BCUT2D eigenvalue weighted by Gasteiger charge is 2.32. The van der Waals surface area contributed by atoms with Crippen molar-refractivity contribution in [2.24, 2.45) is 10.7 Å². The zero-order chi connectivity index (χ0) is 18.9. The van der Waals surface area contributed by atoms with Crippen molar-refractivity contribution < 1.29 is 9.18 Å². The van der Waals surface area contributed by atoms with Crippen molar-refractivity contribution in [2.45, 2.75) is 18.9 Å². The fraction of sp³-hybridized carbons (Fsp3) is 0.235. The molecule has 0 spiro atoms. The maximum Gasteiger partial charge on any atom is 0.255 e. The smallest absolute Gasteiger partial charge is 0.255 e. The highest BCUT2D eigenvalue weighted by atomic mass is 35.5. The van der Waals surface area contributed by atoms with Gasteiger partial charge in [-0.2, -0.15) is 0 Å². The molecule has 1 aromatic heterocycles. The van der Waals surface area contributed by atoms with E-state index in [0.717, 1.165) is 5.75 Å². The maximum atomic E-state index is 14.4. The number of thioether (sulfide) groups is 1. The number of pyridine rings is 1. The molecule has 1 aliphatic rings. The molecular formula is C17H15Cl2FN4OS. The summed E-state index contributed by atoms with van der Waals surface area (Å²) in [6.45, 7) is 1.83. The Morgan fingerprint density at radius 2 is 2.00 bits per heavy atom. The third-order valence-electron chi connectivity index (χ3n) is 4.03. The van der Waals surface area contributed by atoms with Gasteiger partial charge in [-0.25, -0.2) is 9.37 Å². The number of benzene rings is 1. The van der Waals surface area contributed by atoms with Crippen LogP contribution in [0.15, 0.2) is 35.3 Å². The summed E-state index contributed by atoms with van der Waals surface area (Å²) in [7, 11) is 0. The molecule has 1 unspecified atom stereocenters. The Balaban J connectivity index is 1.90. The predicted octanol–water partition coefficient (Wildman–Crippen LogP) is 4.45. The standard InChI is InChI=1S/C17H15Cl2FN4OS/c1-17(4-5-26-16(21)24-17)11-8-10(2-3-12(11)20)22-15(25)9-6-13(18)23-14(19)7-9/h2-3,6-8H,4-5H2,1H3,(H2,21,24)(H,22,25). The first-order chi connectivity index (χ1) is 12.3. The van der Waals surface area contributed by atoms with E-state index in [0.29, 0.717) is 22.8 Å². The summed E-state index contributed by atoms with van der Waals surface area (Å²) in [4.78, 5) is 20.6. The van der Waals surface area contributed by atoms with Crippen LogP contribution >= 0.6 is 35.0 Å². The van der Waals surface area contributed by atoms with Gasteiger partial charge in [0.25, 0.3) is 5.91 Å². The molecular weight excluding hydrogens is 398 g/mol. The number of amides is 1. The Morgan fingerprint density at radius 3 is 2.65 bits per heavy atom. The molecule has 2 aromatic rings. The van der Waals surface area contributed by atoms with Crippen LogP contribution in [-0.2, 0) is 5.54 Å². The molecule has 0 fully saturated rings. The molecule has 26 heavy (non-hydrogen) atoms. The topological polar surface area (TPSA) is 80.4 Å². The van der Waals surface area contributed by atoms with E-state index in [9.17, 15) is 9.18 Å². The Labute approximate surface area is 164 Å². The molecule has 1 atom stereocenters. The highest BCUT2D eigenvalue weighted by Crippen LogP contribution is 2.37. The van der Waals surface area contributed by atoms with Crippen LogP contribution in [0.3, 0.4) is 0 Å². The first-order valence-electron chi connectivity index (χ1n) is 7.69. The summed E-state index contributed by atoms with van der Waals surface area (Å²) < 4.78 is 14.4. The van der Waals surface area contributed by atoms with Crippen LogP contribution in [0.25, 0.3) is 0 Å². The highest BCUT2D eigenvalue weighted by molar-refractivity contribution is 8.13. The first kappa shape index (κ1) is 18.9. The zero-order valence-corrected chi connectivity index (χ0v) is 16.1. The van der Waals surface area contributed by atoms with Gasteiger partial charge in [0.05, 0.1) is 5.54 Å². The lowest BCUT2D eigenvalue weighted by molar-refractivity contribution is 0.102. The molecule has 9 heteroatoms. The van der Waals surface area contributed by atoms with Crippen LogP contribution < -0.4 is 11.1 Å². The molecule has 1 amide bonds. The van der Waals surface area contributed by atoms with Crippen LogP contribution in [0.4, 0.5) is 10.1 Å². The fourth-order valence-electron chi connectivity index (χ4n) is 2.70. The van der Waals surface area contributed by atoms with Crippen LogP contribution in [0.1, 0.15) is 29.3 Å². The third kappa shape index (κ3) is 4.11. The van der Waals surface area contributed by atoms with E-state index in [2.05, 4.69) is 15.3 Å². The average Bonchev–Trinajstić information content (AvgIpc) is 2.55. The number of carbonyl (C=O) groups is 1. The number of nitrogens with two attached hydrogens (primary N) is 1. The van der Waals surface area contributed by atoms with Gasteiger partial charge in [0.2, 0.25) is 0 Å². The molecule has 136 valence electrons. The predicted molar refractivity (Wildman–Crippen MR) is 105 cm³/mol. The fourth-order valence-corrected chi connectivity index (χ4v) is 4.13. The monoisotopic (exact) mass is 412 g/mol. The molecule has 5 nitrogen and oxygen atoms in total. The van der Waals surface area contributed by atoms with Crippen LogP contribution in [-0.4, -0.2) is 21.8 Å². The number of hydrogen-bond acceptors (Lipinski definition) is 5. The SMILES string of the molecule is CC1(c2cc(NC(=O)c3cc(Cl)nc(Cl)c3)ccc2F)CCSC(N)=N1. The number of aliphatic imine (C=N–C) groups is 1. The number of amidine groups is 1. The number of aromatic nitrogens is 1. The molecule has 0 saturated heterocycles. The minimum atomic E-state index is -0.774. The van der Waals surface area contributed by atoms with Crippen molar-refractivity contribution in [3.8, 4) is 0 Å². The lowest BCUT2D eigenvalue weighted by Gasteiger charge is -2.30. The van der Waals surface area contributed by atoms with Gasteiger partial charge in [-0.15, -0.1) is 0 Å². The molecule has 0 saturated carbocycles. The molecule has 0 aliphatic carbocycles. The number of hydrogen-bond donors (Lipinski definition) is 2. The Morgan fingerprint density at radius 1 is 1.31 bits per heavy atom. The van der Waals surface area contributed by atoms with Crippen molar-refractivity contribution in [1.29, 1.82) is 0 Å². The lowest BCUT2D eigenvalue weighted by Crippen LogP contribution is -2.29. The van der Waals surface area contributed by atoms with Gasteiger partial charge in [-0.1, -0.05) is 35.0 Å². The van der Waals surface area contributed by atoms with Gasteiger partial charge in [0, 0.05) is 22.6 Å². The number of anilines is 1. The van der Waals surface area contributed by atoms with Crippen LogP contribution in [0.2, 0.25) is 10.3 Å². The summed E-state index contributed by atoms with van der Waals surface area (Å²) in [5.74, 6) is -0.0827. The van der Waals surface area contributed by atoms with E-state index < -0.39 is 17.3 Å². The average molecular weight is 413 g/mol. The van der Waals surface area contributed by atoms with Gasteiger partial charge in [-0.3, -0.25) is 9.79 Å². The van der Waals surface area contributed by atoms with E-state index >= 15 is 0 Å². The summed E-state index contributed by atoms with van der Waals surface area (Å²) in [5.41, 5.74) is 6.10. The summed E-state index contributed by atoms with van der Waals surface area (Å²) in [6, 6.07) is 7.16. The van der Waals surface area contributed by atoms with Crippen LogP contribution in [0, 0.1) is 5.82 Å². The minimum absolute atomic E-state index is 0.111. The van der Waals surface area contributed by atoms with Gasteiger partial charge in [0.1, 0.15) is 16.1 Å². The second kappa shape index (κ2) is 7.42. The normalized spacial score (nSPS) is 19.8. The Kier molecular flexibility index (Phi) is 5.41. The second-order valence-corrected chi connectivity index (χ2v) is 7.86. The van der Waals surface area contributed by atoms with Crippen molar-refractivity contribution in [2.75, 3.05) is 11.1 Å². The van der Waals surface area contributed by atoms with Gasteiger partial charge < -0.3 is 11.1 Å². The maximum absolute atomic E-state index is 14.4. The third-order valence-corrected chi connectivity index (χ3v) is 5.21. The van der Waals surface area contributed by atoms with Crippen molar-refractivity contribution >= 4 is 51.7 Å². The van der Waals surface area contributed by atoms with Crippen molar-refractivity contribution in [1.82, 2.24) is 4.98 Å². The van der Waals surface area contributed by atoms with Crippen molar-refractivity contribution in [3.63, 3.8) is 0 Å². The molecule has 1 aromatic carbocycles. The summed E-state index contributed by atoms with van der Waals surface area (Å²) in [5, 5.41) is 3.36. The van der Waals surface area contributed by atoms with E-state index in [-0.39, 0.29) is 15.9 Å². The summed E-state index contributed by atoms with van der Waals surface area (Å²) >= 11 is 13.1. The van der Waals surface area contributed by atoms with Gasteiger partial charge >= 0.3 is 0 Å². The van der Waals surface area contributed by atoms with Gasteiger partial charge in [0.15, 0.2) is 5.17 Å². The number of nitrogens with one attached hydrogen (secondary N) is 1. The zero-order valence-electron chi connectivity index (χ0n) is 13.7. The molecule has 1 aliphatic heterocycles. The number of rotatable bonds is 3. The molecule has 3 rings (SSSR count). The molecule has 3 N–H and O–H groups in total. The quantitative estimate of drug-likeness (QED) is 0.729. The molecule has 0 bridgehead atoms. The minimum Gasteiger partial charge on any atom is -0.379 e. The Hall–Kier alpha value is -1.83. The summed E-state index contributed by atoms with van der Waals surface area (Å²) in [6.07, 6.45) is 0.641. The number of nitrogens with zero attached hydrogens (tertiary/aromatic N) is 2. The van der Waals surface area contributed by atoms with E-state index in [1.54, 1.807) is 6.07 Å². The first-order valence-corrected chi connectivity index (χ1v) is 9.43. The van der Waals surface area contributed by atoms with Crippen LogP contribution in [0.5, 0.6) is 0 Å².